The monoisotopic (exact) mass is 341 g/mol. The van der Waals surface area contributed by atoms with Gasteiger partial charge >= 0.3 is 0 Å². The van der Waals surface area contributed by atoms with Crippen LogP contribution >= 0.6 is 0 Å². The summed E-state index contributed by atoms with van der Waals surface area (Å²) in [4.78, 5) is 14.9. The number of morpholine rings is 1. The number of aryl methyl sites for hydroxylation is 3. The van der Waals surface area contributed by atoms with Crippen molar-refractivity contribution in [2.24, 2.45) is 0 Å². The number of hydrogen-bond donors (Lipinski definition) is 0. The van der Waals surface area contributed by atoms with Gasteiger partial charge in [0.1, 0.15) is 11.6 Å². The van der Waals surface area contributed by atoms with Crippen molar-refractivity contribution in [3.05, 3.63) is 46.9 Å². The highest BCUT2D eigenvalue weighted by Crippen LogP contribution is 2.31. The van der Waals surface area contributed by atoms with E-state index in [0.29, 0.717) is 37.3 Å². The topological polar surface area (TPSA) is 81.6 Å². The number of ether oxygens (including phenoxy) is 1. The third-order valence-corrected chi connectivity index (χ3v) is 4.57. The van der Waals surface area contributed by atoms with Crippen molar-refractivity contribution in [1.82, 2.24) is 15.1 Å². The number of para-hydroxylation sites is 1. The van der Waals surface area contributed by atoms with E-state index in [2.05, 4.69) is 10.2 Å². The number of nitrogens with zero attached hydrogens (tertiary/aromatic N) is 3. The van der Waals surface area contributed by atoms with Gasteiger partial charge in [0.15, 0.2) is 5.76 Å². The highest BCUT2D eigenvalue weighted by Gasteiger charge is 2.35. The first-order valence-corrected chi connectivity index (χ1v) is 8.23. The Bertz CT molecular complexity index is 943. The van der Waals surface area contributed by atoms with Gasteiger partial charge in [0, 0.05) is 24.4 Å². The molecule has 2 aromatic heterocycles. The molecule has 0 saturated carbocycles. The van der Waals surface area contributed by atoms with Gasteiger partial charge in [-0.05, 0) is 19.4 Å². The molecule has 3 heterocycles. The first-order valence-electron chi connectivity index (χ1n) is 8.23. The van der Waals surface area contributed by atoms with Crippen LogP contribution in [-0.2, 0) is 4.74 Å². The average Bonchev–Trinajstić information content (AvgIpc) is 3.19. The molecule has 0 bridgehead atoms. The lowest BCUT2D eigenvalue weighted by Crippen LogP contribution is -2.43. The normalized spacial score (nSPS) is 18.0. The molecule has 1 amide bonds. The predicted octanol–water partition coefficient (Wildman–Crippen LogP) is 2.95. The Kier molecular flexibility index (Phi) is 3.80. The maximum Gasteiger partial charge on any atom is 0.290 e. The molecule has 0 spiro atoms. The van der Waals surface area contributed by atoms with Crippen molar-refractivity contribution in [3.8, 4) is 0 Å². The molecule has 0 aliphatic carbocycles. The number of benzene rings is 1. The molecular weight excluding hydrogens is 322 g/mol. The van der Waals surface area contributed by atoms with Crippen LogP contribution in [-0.4, -0.2) is 40.8 Å². The van der Waals surface area contributed by atoms with Crippen LogP contribution < -0.4 is 0 Å². The molecule has 7 nitrogen and oxygen atoms in total. The molecule has 1 aliphatic rings. The number of furan rings is 1. The number of carbonyl (C=O) groups is 1. The molecule has 130 valence electrons. The average molecular weight is 341 g/mol. The molecule has 1 atom stereocenters. The van der Waals surface area contributed by atoms with Gasteiger partial charge in [0.25, 0.3) is 5.91 Å². The summed E-state index contributed by atoms with van der Waals surface area (Å²) in [5.41, 5.74) is 2.60. The second-order valence-corrected chi connectivity index (χ2v) is 6.26. The van der Waals surface area contributed by atoms with Crippen LogP contribution in [0, 0.1) is 20.8 Å². The van der Waals surface area contributed by atoms with Crippen molar-refractivity contribution in [2.75, 3.05) is 19.8 Å². The molecular formula is C18H19N3O4. The second-order valence-electron chi connectivity index (χ2n) is 6.26. The largest absolute Gasteiger partial charge is 0.450 e. The molecule has 3 aromatic rings. The summed E-state index contributed by atoms with van der Waals surface area (Å²) in [7, 11) is 0. The lowest BCUT2D eigenvalue weighted by Gasteiger charge is -2.32. The van der Waals surface area contributed by atoms with Crippen molar-refractivity contribution in [2.45, 2.75) is 26.8 Å². The summed E-state index contributed by atoms with van der Waals surface area (Å²) in [6, 6.07) is 5.50. The van der Waals surface area contributed by atoms with Gasteiger partial charge in [-0.15, -0.1) is 10.2 Å². The van der Waals surface area contributed by atoms with Gasteiger partial charge in [-0.3, -0.25) is 4.79 Å². The first-order chi connectivity index (χ1) is 12.1. The van der Waals surface area contributed by atoms with Gasteiger partial charge in [0.2, 0.25) is 11.8 Å². The van der Waals surface area contributed by atoms with Crippen LogP contribution in [0.25, 0.3) is 11.0 Å². The molecule has 1 fully saturated rings. The Balaban J connectivity index is 1.74. The van der Waals surface area contributed by atoms with Crippen molar-refractivity contribution in [3.63, 3.8) is 0 Å². The fourth-order valence-corrected chi connectivity index (χ4v) is 3.22. The van der Waals surface area contributed by atoms with Crippen LogP contribution in [0.3, 0.4) is 0 Å². The van der Waals surface area contributed by atoms with E-state index in [4.69, 9.17) is 13.6 Å². The third kappa shape index (κ3) is 2.60. The van der Waals surface area contributed by atoms with Crippen LogP contribution in [0.2, 0.25) is 0 Å². The number of carbonyl (C=O) groups excluding carboxylic acids is 1. The Morgan fingerprint density at radius 3 is 2.76 bits per heavy atom. The lowest BCUT2D eigenvalue weighted by atomic mass is 10.1. The summed E-state index contributed by atoms with van der Waals surface area (Å²) in [5, 5.41) is 8.87. The SMILES string of the molecule is Cc1nnc([C@H]2COCCN2C(=O)c2oc3c(C)cccc3c2C)o1. The Morgan fingerprint density at radius 1 is 1.20 bits per heavy atom. The second kappa shape index (κ2) is 6.00. The van der Waals surface area contributed by atoms with E-state index >= 15 is 0 Å². The smallest absolute Gasteiger partial charge is 0.290 e. The van der Waals surface area contributed by atoms with Crippen molar-refractivity contribution >= 4 is 16.9 Å². The van der Waals surface area contributed by atoms with Crippen molar-refractivity contribution in [1.29, 1.82) is 0 Å². The molecule has 0 radical (unpaired) electrons. The van der Waals surface area contributed by atoms with Crippen molar-refractivity contribution < 1.29 is 18.4 Å². The minimum Gasteiger partial charge on any atom is -0.450 e. The highest BCUT2D eigenvalue weighted by atomic mass is 16.5. The molecule has 4 rings (SSSR count). The Morgan fingerprint density at radius 2 is 2.04 bits per heavy atom. The summed E-state index contributed by atoms with van der Waals surface area (Å²) < 4.78 is 17.0. The van der Waals surface area contributed by atoms with Crippen LogP contribution in [0.1, 0.15) is 39.5 Å². The van der Waals surface area contributed by atoms with E-state index in [-0.39, 0.29) is 5.91 Å². The van der Waals surface area contributed by atoms with Gasteiger partial charge < -0.3 is 18.5 Å². The molecule has 1 saturated heterocycles. The molecule has 25 heavy (non-hydrogen) atoms. The van der Waals surface area contributed by atoms with E-state index in [0.717, 1.165) is 22.1 Å². The third-order valence-electron chi connectivity index (χ3n) is 4.57. The molecule has 0 N–H and O–H groups in total. The molecule has 1 aliphatic heterocycles. The summed E-state index contributed by atoms with van der Waals surface area (Å²) >= 11 is 0. The Labute approximate surface area is 144 Å². The van der Waals surface area contributed by atoms with Crippen LogP contribution in [0.5, 0.6) is 0 Å². The lowest BCUT2D eigenvalue weighted by molar-refractivity contribution is -0.0120. The predicted molar refractivity (Wildman–Crippen MR) is 89.3 cm³/mol. The first kappa shape index (κ1) is 15.8. The maximum atomic E-state index is 13.2. The standard InChI is InChI=1S/C18H19N3O4/c1-10-5-4-6-13-11(2)16(25-15(10)13)18(22)21-7-8-23-9-14(21)17-20-19-12(3)24-17/h4-6,14H,7-9H2,1-3H3/t14-/m1/s1. The maximum absolute atomic E-state index is 13.2. The van der Waals surface area contributed by atoms with Gasteiger partial charge in [-0.25, -0.2) is 0 Å². The number of hydrogen-bond acceptors (Lipinski definition) is 6. The number of fused-ring (bicyclic) bond motifs is 1. The van der Waals surface area contributed by atoms with E-state index in [1.54, 1.807) is 11.8 Å². The quantitative estimate of drug-likeness (QED) is 0.713. The van der Waals surface area contributed by atoms with E-state index < -0.39 is 6.04 Å². The van der Waals surface area contributed by atoms with E-state index in [9.17, 15) is 4.79 Å². The zero-order chi connectivity index (χ0) is 17.6. The van der Waals surface area contributed by atoms with Gasteiger partial charge in [-0.1, -0.05) is 18.2 Å². The number of aromatic nitrogens is 2. The molecule has 7 heteroatoms. The zero-order valence-electron chi connectivity index (χ0n) is 14.4. The number of amides is 1. The minimum absolute atomic E-state index is 0.183. The van der Waals surface area contributed by atoms with E-state index in [1.807, 2.05) is 32.0 Å². The molecule has 0 unspecified atom stereocenters. The minimum atomic E-state index is -0.406. The fraction of sp³-hybridized carbons (Fsp3) is 0.389. The van der Waals surface area contributed by atoms with Crippen LogP contribution in [0.15, 0.2) is 27.0 Å². The van der Waals surface area contributed by atoms with E-state index in [1.165, 1.54) is 0 Å². The molecule has 1 aromatic carbocycles. The summed E-state index contributed by atoms with van der Waals surface area (Å²) in [5.74, 6) is 1.02. The summed E-state index contributed by atoms with van der Waals surface area (Å²) in [6.45, 7) is 6.83. The summed E-state index contributed by atoms with van der Waals surface area (Å²) in [6.07, 6.45) is 0. The Hall–Kier alpha value is -2.67. The zero-order valence-corrected chi connectivity index (χ0v) is 14.4. The van der Waals surface area contributed by atoms with Crippen LogP contribution in [0.4, 0.5) is 0 Å². The fourth-order valence-electron chi connectivity index (χ4n) is 3.22. The number of rotatable bonds is 2. The van der Waals surface area contributed by atoms with Gasteiger partial charge in [-0.2, -0.15) is 0 Å². The highest BCUT2D eigenvalue weighted by molar-refractivity contribution is 5.99. The van der Waals surface area contributed by atoms with Gasteiger partial charge in [0.05, 0.1) is 13.2 Å².